The molecule has 0 saturated carbocycles. The molecule has 27 heavy (non-hydrogen) atoms. The van der Waals surface area contributed by atoms with E-state index in [1.165, 1.54) is 0 Å². The quantitative estimate of drug-likeness (QED) is 0.368. The lowest BCUT2D eigenvalue weighted by Crippen LogP contribution is -2.10. The third-order valence-electron chi connectivity index (χ3n) is 3.83. The molecule has 0 aliphatic heterocycles. The molecular formula is C20H12BrClN2O2S. The van der Waals surface area contributed by atoms with Crippen LogP contribution in [0.3, 0.4) is 0 Å². The zero-order valence-corrected chi connectivity index (χ0v) is 16.9. The minimum atomic E-state index is -0.299. The maximum absolute atomic E-state index is 12.1. The molecule has 7 heteroatoms. The first-order chi connectivity index (χ1) is 13.1. The van der Waals surface area contributed by atoms with Gasteiger partial charge in [0, 0.05) is 27.2 Å². The van der Waals surface area contributed by atoms with Crippen LogP contribution < -0.4 is 5.32 Å². The average Bonchev–Trinajstić information content (AvgIpc) is 3.32. The van der Waals surface area contributed by atoms with Crippen LogP contribution in [0.5, 0.6) is 0 Å². The molecule has 4 nitrogen and oxygen atoms in total. The highest BCUT2D eigenvalue weighted by atomic mass is 79.9. The SMILES string of the molecule is O=C(Nc1ccc(-c2csc(-c3ccc(Cl)cc3)n2)cc1)c1ccc(Br)o1. The van der Waals surface area contributed by atoms with Crippen LogP contribution in [-0.2, 0) is 0 Å². The fourth-order valence-electron chi connectivity index (χ4n) is 2.48. The second-order valence-electron chi connectivity index (χ2n) is 5.68. The molecule has 0 bridgehead atoms. The molecule has 4 rings (SSSR count). The molecule has 4 aromatic rings. The number of hydrogen-bond acceptors (Lipinski definition) is 4. The summed E-state index contributed by atoms with van der Waals surface area (Å²) in [5, 5.41) is 6.45. The first-order valence-corrected chi connectivity index (χ1v) is 10.0. The predicted octanol–water partition coefficient (Wildman–Crippen LogP) is 6.74. The van der Waals surface area contributed by atoms with Crippen molar-refractivity contribution in [1.82, 2.24) is 4.98 Å². The van der Waals surface area contributed by atoms with E-state index in [1.807, 2.05) is 53.9 Å². The normalized spacial score (nSPS) is 10.7. The van der Waals surface area contributed by atoms with Crippen LogP contribution >= 0.6 is 38.9 Å². The van der Waals surface area contributed by atoms with Gasteiger partial charge in [-0.25, -0.2) is 4.98 Å². The molecule has 2 heterocycles. The second-order valence-corrected chi connectivity index (χ2v) is 7.76. The van der Waals surface area contributed by atoms with Crippen molar-refractivity contribution in [3.05, 3.63) is 81.5 Å². The summed E-state index contributed by atoms with van der Waals surface area (Å²) < 4.78 is 5.77. The number of benzene rings is 2. The summed E-state index contributed by atoms with van der Waals surface area (Å²) in [7, 11) is 0. The number of furan rings is 1. The van der Waals surface area contributed by atoms with Crippen LogP contribution in [0.25, 0.3) is 21.8 Å². The number of nitrogens with zero attached hydrogens (tertiary/aromatic N) is 1. The van der Waals surface area contributed by atoms with E-state index in [9.17, 15) is 4.79 Å². The Morgan fingerprint density at radius 3 is 2.37 bits per heavy atom. The molecule has 134 valence electrons. The van der Waals surface area contributed by atoms with Gasteiger partial charge >= 0.3 is 0 Å². The Morgan fingerprint density at radius 1 is 1.00 bits per heavy atom. The first-order valence-electron chi connectivity index (χ1n) is 7.97. The van der Waals surface area contributed by atoms with Gasteiger partial charge in [0.1, 0.15) is 5.01 Å². The van der Waals surface area contributed by atoms with E-state index in [0.717, 1.165) is 21.8 Å². The van der Waals surface area contributed by atoms with E-state index < -0.39 is 0 Å². The minimum absolute atomic E-state index is 0.248. The number of nitrogens with one attached hydrogen (secondary N) is 1. The van der Waals surface area contributed by atoms with E-state index in [2.05, 4.69) is 26.2 Å². The number of thiazole rings is 1. The van der Waals surface area contributed by atoms with Crippen molar-refractivity contribution < 1.29 is 9.21 Å². The van der Waals surface area contributed by atoms with Gasteiger partial charge < -0.3 is 9.73 Å². The number of halogens is 2. The summed E-state index contributed by atoms with van der Waals surface area (Å²) in [6.45, 7) is 0. The highest BCUT2D eigenvalue weighted by molar-refractivity contribution is 9.10. The van der Waals surface area contributed by atoms with Gasteiger partial charge in [-0.2, -0.15) is 0 Å². The number of carbonyl (C=O) groups excluding carboxylic acids is 1. The van der Waals surface area contributed by atoms with Crippen molar-refractivity contribution in [1.29, 1.82) is 0 Å². The average molecular weight is 460 g/mol. The van der Waals surface area contributed by atoms with Crippen molar-refractivity contribution in [3.8, 4) is 21.8 Å². The van der Waals surface area contributed by atoms with Crippen LogP contribution in [0.1, 0.15) is 10.6 Å². The van der Waals surface area contributed by atoms with Crippen molar-refractivity contribution in [3.63, 3.8) is 0 Å². The maximum Gasteiger partial charge on any atom is 0.291 e. The molecule has 1 amide bonds. The molecule has 0 fully saturated rings. The standard InChI is InChI=1S/C20H12BrClN2O2S/c21-18-10-9-17(26-18)19(25)23-15-7-3-12(4-8-15)16-11-27-20(24-16)13-1-5-14(22)6-2-13/h1-11H,(H,23,25). The first kappa shape index (κ1) is 18.0. The van der Waals surface area contributed by atoms with Gasteiger partial charge in [0.2, 0.25) is 0 Å². The lowest BCUT2D eigenvalue weighted by Gasteiger charge is -2.04. The highest BCUT2D eigenvalue weighted by Crippen LogP contribution is 2.30. The zero-order valence-electron chi connectivity index (χ0n) is 13.8. The predicted molar refractivity (Wildman–Crippen MR) is 112 cm³/mol. The number of amides is 1. The van der Waals surface area contributed by atoms with Crippen molar-refractivity contribution in [2.45, 2.75) is 0 Å². The summed E-state index contributed by atoms with van der Waals surface area (Å²) in [6, 6.07) is 18.4. The van der Waals surface area contributed by atoms with Gasteiger partial charge in [0.05, 0.1) is 5.69 Å². The van der Waals surface area contributed by atoms with E-state index in [1.54, 1.807) is 23.5 Å². The summed E-state index contributed by atoms with van der Waals surface area (Å²) in [5.74, 6) is -0.0507. The van der Waals surface area contributed by atoms with Crippen LogP contribution in [0, 0.1) is 0 Å². The summed E-state index contributed by atoms with van der Waals surface area (Å²) in [6.07, 6.45) is 0. The third kappa shape index (κ3) is 4.13. The Hall–Kier alpha value is -2.41. The summed E-state index contributed by atoms with van der Waals surface area (Å²) >= 11 is 10.7. The lowest BCUT2D eigenvalue weighted by molar-refractivity contribution is 0.0995. The zero-order chi connectivity index (χ0) is 18.8. The molecule has 0 saturated heterocycles. The molecule has 0 spiro atoms. The Bertz CT molecular complexity index is 1090. The van der Waals surface area contributed by atoms with Gasteiger partial charge in [-0.05, 0) is 52.3 Å². The maximum atomic E-state index is 12.1. The Kier molecular flexibility index (Phi) is 5.11. The highest BCUT2D eigenvalue weighted by Gasteiger charge is 2.11. The fourth-order valence-corrected chi connectivity index (χ4v) is 3.75. The molecule has 0 unspecified atom stereocenters. The molecule has 0 atom stereocenters. The number of hydrogen-bond donors (Lipinski definition) is 1. The molecular weight excluding hydrogens is 448 g/mol. The Balaban J connectivity index is 1.49. The van der Waals surface area contributed by atoms with Crippen molar-refractivity contribution >= 4 is 50.5 Å². The van der Waals surface area contributed by atoms with Crippen LogP contribution in [0.2, 0.25) is 5.02 Å². The lowest BCUT2D eigenvalue weighted by atomic mass is 10.1. The molecule has 2 aromatic heterocycles. The molecule has 0 aliphatic rings. The topological polar surface area (TPSA) is 55.1 Å². The number of carbonyl (C=O) groups is 1. The smallest absolute Gasteiger partial charge is 0.291 e. The number of rotatable bonds is 4. The van der Waals surface area contributed by atoms with Crippen LogP contribution in [0.15, 0.2) is 75.1 Å². The van der Waals surface area contributed by atoms with Gasteiger partial charge in [-0.1, -0.05) is 35.9 Å². The number of anilines is 1. The molecule has 0 aliphatic carbocycles. The van der Waals surface area contributed by atoms with Crippen LogP contribution in [-0.4, -0.2) is 10.9 Å². The molecule has 2 aromatic carbocycles. The molecule has 1 N–H and O–H groups in total. The van der Waals surface area contributed by atoms with Crippen molar-refractivity contribution in [2.24, 2.45) is 0 Å². The minimum Gasteiger partial charge on any atom is -0.444 e. The van der Waals surface area contributed by atoms with Crippen LogP contribution in [0.4, 0.5) is 5.69 Å². The summed E-state index contributed by atoms with van der Waals surface area (Å²) in [4.78, 5) is 16.8. The molecule has 0 radical (unpaired) electrons. The second kappa shape index (κ2) is 7.68. The van der Waals surface area contributed by atoms with Gasteiger partial charge in [0.25, 0.3) is 5.91 Å². The summed E-state index contributed by atoms with van der Waals surface area (Å²) in [5.41, 5.74) is 3.58. The largest absolute Gasteiger partial charge is 0.444 e. The van der Waals surface area contributed by atoms with E-state index in [4.69, 9.17) is 16.0 Å². The van der Waals surface area contributed by atoms with E-state index in [0.29, 0.717) is 15.4 Å². The van der Waals surface area contributed by atoms with Gasteiger partial charge in [-0.3, -0.25) is 4.79 Å². The Morgan fingerprint density at radius 2 is 1.70 bits per heavy atom. The third-order valence-corrected chi connectivity index (χ3v) is 5.40. The monoisotopic (exact) mass is 458 g/mol. The Labute approximate surface area is 173 Å². The van der Waals surface area contributed by atoms with E-state index in [-0.39, 0.29) is 11.7 Å². The number of aromatic nitrogens is 1. The van der Waals surface area contributed by atoms with Crippen molar-refractivity contribution in [2.75, 3.05) is 5.32 Å². The van der Waals surface area contributed by atoms with Gasteiger partial charge in [-0.15, -0.1) is 11.3 Å². The fraction of sp³-hybridized carbons (Fsp3) is 0. The van der Waals surface area contributed by atoms with E-state index >= 15 is 0 Å². The van der Waals surface area contributed by atoms with Gasteiger partial charge in [0.15, 0.2) is 10.4 Å².